The first-order valence-electron chi connectivity index (χ1n) is 5.61. The van der Waals surface area contributed by atoms with Gasteiger partial charge < -0.3 is 5.11 Å². The summed E-state index contributed by atoms with van der Waals surface area (Å²) in [7, 11) is 1.99. The molecule has 15 heavy (non-hydrogen) atoms. The highest BCUT2D eigenvalue weighted by Gasteiger charge is 2.21. The van der Waals surface area contributed by atoms with E-state index in [-0.39, 0.29) is 6.10 Å². The third-order valence-corrected chi connectivity index (χ3v) is 3.02. The van der Waals surface area contributed by atoms with Crippen molar-refractivity contribution in [3.63, 3.8) is 0 Å². The molecule has 2 heterocycles. The molecule has 0 radical (unpaired) electrons. The summed E-state index contributed by atoms with van der Waals surface area (Å²) in [6, 6.07) is 2.16. The molecule has 1 saturated heterocycles. The molecule has 1 N–H and O–H groups in total. The lowest BCUT2D eigenvalue weighted by atomic mass is 10.3. The molecule has 84 valence electrons. The zero-order valence-electron chi connectivity index (χ0n) is 9.48. The van der Waals surface area contributed by atoms with Gasteiger partial charge in [-0.05, 0) is 18.9 Å². The Bertz CT molecular complexity index is 335. The van der Waals surface area contributed by atoms with E-state index in [1.807, 2.05) is 11.7 Å². The summed E-state index contributed by atoms with van der Waals surface area (Å²) in [4.78, 5) is 2.28. The van der Waals surface area contributed by atoms with Gasteiger partial charge in [0.15, 0.2) is 0 Å². The average Bonchev–Trinajstić information content (AvgIpc) is 2.75. The number of hydrogen-bond donors (Lipinski definition) is 1. The summed E-state index contributed by atoms with van der Waals surface area (Å²) in [6.45, 7) is 4.81. The van der Waals surface area contributed by atoms with E-state index in [9.17, 15) is 5.11 Å². The van der Waals surface area contributed by atoms with Crippen LogP contribution in [0, 0.1) is 0 Å². The van der Waals surface area contributed by atoms with Gasteiger partial charge in [0.1, 0.15) is 0 Å². The highest BCUT2D eigenvalue weighted by molar-refractivity contribution is 5.10. The Morgan fingerprint density at radius 2 is 2.40 bits per heavy atom. The lowest BCUT2D eigenvalue weighted by Gasteiger charge is -2.14. The van der Waals surface area contributed by atoms with Crippen LogP contribution in [0.3, 0.4) is 0 Å². The second-order valence-electron chi connectivity index (χ2n) is 4.28. The van der Waals surface area contributed by atoms with Gasteiger partial charge in [0, 0.05) is 26.7 Å². The number of aliphatic hydroxyl groups excluding tert-OH is 1. The average molecular weight is 209 g/mol. The van der Waals surface area contributed by atoms with E-state index in [4.69, 9.17) is 0 Å². The molecule has 1 aromatic heterocycles. The van der Waals surface area contributed by atoms with E-state index in [1.54, 1.807) is 0 Å². The van der Waals surface area contributed by atoms with Gasteiger partial charge >= 0.3 is 0 Å². The minimum atomic E-state index is -0.135. The molecule has 1 aliphatic heterocycles. The van der Waals surface area contributed by atoms with Crippen molar-refractivity contribution in [1.29, 1.82) is 0 Å². The number of β-amino-alcohol motifs (C(OH)–C–C–N with tert-alkyl or cyclic N) is 1. The Morgan fingerprint density at radius 3 is 2.93 bits per heavy atom. The summed E-state index contributed by atoms with van der Waals surface area (Å²) in [5.74, 6) is 0. The van der Waals surface area contributed by atoms with Crippen LogP contribution in [0.4, 0.5) is 0 Å². The van der Waals surface area contributed by atoms with Crippen LogP contribution < -0.4 is 0 Å². The van der Waals surface area contributed by atoms with Gasteiger partial charge in [-0.3, -0.25) is 9.58 Å². The van der Waals surface area contributed by atoms with E-state index >= 15 is 0 Å². The van der Waals surface area contributed by atoms with E-state index in [0.29, 0.717) is 0 Å². The molecule has 1 atom stereocenters. The molecule has 4 nitrogen and oxygen atoms in total. The molecule has 1 aromatic rings. The fourth-order valence-electron chi connectivity index (χ4n) is 2.08. The molecule has 0 spiro atoms. The van der Waals surface area contributed by atoms with Crippen molar-refractivity contribution >= 4 is 0 Å². The molecule has 0 aliphatic carbocycles. The lowest BCUT2D eigenvalue weighted by molar-refractivity contribution is 0.174. The van der Waals surface area contributed by atoms with Crippen molar-refractivity contribution < 1.29 is 5.11 Å². The van der Waals surface area contributed by atoms with Gasteiger partial charge in [-0.2, -0.15) is 5.10 Å². The number of nitrogens with zero attached hydrogens (tertiary/aromatic N) is 3. The van der Waals surface area contributed by atoms with Gasteiger partial charge in [0.25, 0.3) is 0 Å². The lowest BCUT2D eigenvalue weighted by Crippen LogP contribution is -2.22. The first-order chi connectivity index (χ1) is 7.19. The number of rotatable bonds is 3. The van der Waals surface area contributed by atoms with Gasteiger partial charge in [-0.1, -0.05) is 6.92 Å². The maximum Gasteiger partial charge on any atom is 0.0679 e. The van der Waals surface area contributed by atoms with Crippen LogP contribution in [0.15, 0.2) is 6.07 Å². The van der Waals surface area contributed by atoms with Gasteiger partial charge in [0.2, 0.25) is 0 Å². The molecule has 0 amide bonds. The number of aromatic nitrogens is 2. The van der Waals surface area contributed by atoms with Crippen LogP contribution in [-0.2, 0) is 20.0 Å². The van der Waals surface area contributed by atoms with Crippen molar-refractivity contribution in [2.45, 2.75) is 32.4 Å². The van der Waals surface area contributed by atoms with Crippen molar-refractivity contribution in [3.05, 3.63) is 17.5 Å². The molecular formula is C11H19N3O. The predicted octanol–water partition coefficient (Wildman–Crippen LogP) is 0.549. The second-order valence-corrected chi connectivity index (χ2v) is 4.28. The van der Waals surface area contributed by atoms with Crippen molar-refractivity contribution in [3.8, 4) is 0 Å². The number of aryl methyl sites for hydroxylation is 2. The van der Waals surface area contributed by atoms with Crippen LogP contribution in [0.25, 0.3) is 0 Å². The fourth-order valence-corrected chi connectivity index (χ4v) is 2.08. The predicted molar refractivity (Wildman–Crippen MR) is 58.5 cm³/mol. The smallest absolute Gasteiger partial charge is 0.0679 e. The van der Waals surface area contributed by atoms with Crippen molar-refractivity contribution in [2.75, 3.05) is 13.1 Å². The van der Waals surface area contributed by atoms with Crippen LogP contribution in [0.1, 0.15) is 24.7 Å². The van der Waals surface area contributed by atoms with Crippen molar-refractivity contribution in [2.24, 2.45) is 7.05 Å². The molecule has 4 heteroatoms. The Hall–Kier alpha value is -0.870. The maximum atomic E-state index is 9.43. The molecule has 1 aliphatic rings. The van der Waals surface area contributed by atoms with Gasteiger partial charge in [0.05, 0.1) is 17.5 Å². The van der Waals surface area contributed by atoms with Gasteiger partial charge in [-0.15, -0.1) is 0 Å². The molecular weight excluding hydrogens is 190 g/mol. The Balaban J connectivity index is 2.00. The van der Waals surface area contributed by atoms with E-state index < -0.39 is 0 Å². The molecule has 0 bridgehead atoms. The SMILES string of the molecule is CCc1cc(CN2CC[C@@H](O)C2)n(C)n1. The first kappa shape index (κ1) is 10.6. The Labute approximate surface area is 90.5 Å². The molecule has 0 saturated carbocycles. The van der Waals surface area contributed by atoms with Crippen LogP contribution in [0.2, 0.25) is 0 Å². The highest BCUT2D eigenvalue weighted by atomic mass is 16.3. The number of likely N-dealkylation sites (tertiary alicyclic amines) is 1. The summed E-state index contributed by atoms with van der Waals surface area (Å²) in [6.07, 6.45) is 1.75. The van der Waals surface area contributed by atoms with Crippen LogP contribution >= 0.6 is 0 Å². The summed E-state index contributed by atoms with van der Waals surface area (Å²) >= 11 is 0. The maximum absolute atomic E-state index is 9.43. The minimum absolute atomic E-state index is 0.135. The van der Waals surface area contributed by atoms with Crippen LogP contribution in [-0.4, -0.2) is 39.0 Å². The van der Waals surface area contributed by atoms with E-state index in [1.165, 1.54) is 5.69 Å². The molecule has 2 rings (SSSR count). The standard InChI is InChI=1S/C11H19N3O/c1-3-9-6-10(13(2)12-9)7-14-5-4-11(15)8-14/h6,11,15H,3-5,7-8H2,1-2H3/t11-/m1/s1. The van der Waals surface area contributed by atoms with Gasteiger partial charge in [-0.25, -0.2) is 0 Å². The summed E-state index contributed by atoms with van der Waals surface area (Å²) < 4.78 is 1.95. The van der Waals surface area contributed by atoms with Crippen LogP contribution in [0.5, 0.6) is 0 Å². The topological polar surface area (TPSA) is 41.3 Å². The zero-order valence-corrected chi connectivity index (χ0v) is 9.48. The zero-order chi connectivity index (χ0) is 10.8. The quantitative estimate of drug-likeness (QED) is 0.790. The Morgan fingerprint density at radius 1 is 1.60 bits per heavy atom. The third-order valence-electron chi connectivity index (χ3n) is 3.02. The largest absolute Gasteiger partial charge is 0.392 e. The molecule has 1 fully saturated rings. The monoisotopic (exact) mass is 209 g/mol. The first-order valence-corrected chi connectivity index (χ1v) is 5.61. The third kappa shape index (κ3) is 2.38. The van der Waals surface area contributed by atoms with E-state index in [0.717, 1.165) is 38.2 Å². The number of hydrogen-bond acceptors (Lipinski definition) is 3. The normalized spacial score (nSPS) is 22.5. The minimum Gasteiger partial charge on any atom is -0.392 e. The molecule has 0 unspecified atom stereocenters. The number of aliphatic hydroxyl groups is 1. The summed E-state index contributed by atoms with van der Waals surface area (Å²) in [5, 5.41) is 13.9. The Kier molecular flexibility index (Phi) is 3.07. The highest BCUT2D eigenvalue weighted by Crippen LogP contribution is 2.13. The van der Waals surface area contributed by atoms with E-state index in [2.05, 4.69) is 23.0 Å². The summed E-state index contributed by atoms with van der Waals surface area (Å²) in [5.41, 5.74) is 2.38. The second kappa shape index (κ2) is 4.33. The molecule has 0 aromatic carbocycles. The fraction of sp³-hybridized carbons (Fsp3) is 0.727. The van der Waals surface area contributed by atoms with Crippen molar-refractivity contribution in [1.82, 2.24) is 14.7 Å².